The highest BCUT2D eigenvalue weighted by atomic mass is 16.6. The van der Waals surface area contributed by atoms with Gasteiger partial charge >= 0.3 is 0 Å². The molecule has 0 amide bonds. The average Bonchev–Trinajstić information content (AvgIpc) is 2.96. The maximum absolute atomic E-state index is 10.8. The number of aliphatic hydroxyl groups is 1. The maximum Gasteiger partial charge on any atom is 0.269 e. The summed E-state index contributed by atoms with van der Waals surface area (Å²) in [7, 11) is 0. The van der Waals surface area contributed by atoms with E-state index in [2.05, 4.69) is 10.3 Å². The third-order valence-electron chi connectivity index (χ3n) is 3.00. The van der Waals surface area contributed by atoms with Crippen LogP contribution in [0.5, 0.6) is 0 Å². The Bertz CT molecular complexity index is 614. The molecule has 0 bridgehead atoms. The van der Waals surface area contributed by atoms with E-state index in [0.717, 1.165) is 5.56 Å². The number of nitro groups is 1. The van der Waals surface area contributed by atoms with Crippen LogP contribution in [0.1, 0.15) is 24.2 Å². The fourth-order valence-corrected chi connectivity index (χ4v) is 1.86. The Kier molecular flexibility index (Phi) is 4.96. The monoisotopic (exact) mass is 292 g/mol. The zero-order valence-corrected chi connectivity index (χ0v) is 11.5. The first-order chi connectivity index (χ1) is 10.1. The van der Waals surface area contributed by atoms with Crippen molar-refractivity contribution in [2.75, 3.05) is 13.2 Å². The van der Waals surface area contributed by atoms with Gasteiger partial charge in [0.15, 0.2) is 0 Å². The van der Waals surface area contributed by atoms with E-state index in [4.69, 9.17) is 9.84 Å². The van der Waals surface area contributed by atoms with Crippen LogP contribution in [0.25, 0.3) is 0 Å². The lowest BCUT2D eigenvalue weighted by Gasteiger charge is -2.11. The fourth-order valence-electron chi connectivity index (χ4n) is 1.86. The number of aromatic nitrogens is 3. The highest BCUT2D eigenvalue weighted by molar-refractivity contribution is 5.35. The Hall–Kier alpha value is -2.32. The summed E-state index contributed by atoms with van der Waals surface area (Å²) in [5, 5.41) is 27.4. The zero-order chi connectivity index (χ0) is 15.2. The number of hydrogen-bond acceptors (Lipinski definition) is 6. The molecule has 0 aliphatic heterocycles. The molecule has 8 heteroatoms. The molecule has 112 valence electrons. The molecule has 1 aromatic carbocycles. The minimum absolute atomic E-state index is 0.0434. The lowest BCUT2D eigenvalue weighted by atomic mass is 10.1. The van der Waals surface area contributed by atoms with Gasteiger partial charge in [-0.25, -0.2) is 4.68 Å². The summed E-state index contributed by atoms with van der Waals surface area (Å²) in [6, 6.07) is 6.25. The first kappa shape index (κ1) is 15.1. The predicted molar refractivity (Wildman–Crippen MR) is 73.7 cm³/mol. The van der Waals surface area contributed by atoms with E-state index in [1.165, 1.54) is 12.1 Å². The number of nitro benzene ring substituents is 1. The van der Waals surface area contributed by atoms with E-state index in [-0.39, 0.29) is 31.5 Å². The summed E-state index contributed by atoms with van der Waals surface area (Å²) >= 11 is 0. The van der Waals surface area contributed by atoms with Crippen molar-refractivity contribution in [2.45, 2.75) is 19.6 Å². The highest BCUT2D eigenvalue weighted by Gasteiger charge is 2.14. The Labute approximate surface area is 121 Å². The van der Waals surface area contributed by atoms with Crippen LogP contribution in [-0.2, 0) is 11.3 Å². The number of hydrogen-bond donors (Lipinski definition) is 1. The predicted octanol–water partition coefficient (Wildman–Crippen LogP) is 1.30. The molecule has 1 aromatic heterocycles. The van der Waals surface area contributed by atoms with Crippen LogP contribution in [0.2, 0.25) is 0 Å². The fraction of sp³-hybridized carbons (Fsp3) is 0.385. The molecular formula is C13H16N4O4. The van der Waals surface area contributed by atoms with Gasteiger partial charge in [-0.05, 0) is 12.5 Å². The van der Waals surface area contributed by atoms with Gasteiger partial charge < -0.3 is 9.84 Å². The van der Waals surface area contributed by atoms with Gasteiger partial charge in [0, 0.05) is 12.1 Å². The molecule has 1 heterocycles. The van der Waals surface area contributed by atoms with Crippen molar-refractivity contribution < 1.29 is 14.8 Å². The van der Waals surface area contributed by atoms with Gasteiger partial charge in [-0.15, -0.1) is 5.10 Å². The molecule has 2 rings (SSSR count). The lowest BCUT2D eigenvalue weighted by molar-refractivity contribution is -0.384. The molecule has 21 heavy (non-hydrogen) atoms. The van der Waals surface area contributed by atoms with Gasteiger partial charge in [-0.2, -0.15) is 0 Å². The van der Waals surface area contributed by atoms with Gasteiger partial charge in [0.25, 0.3) is 5.69 Å². The first-order valence-electron chi connectivity index (χ1n) is 6.45. The smallest absolute Gasteiger partial charge is 0.269 e. The van der Waals surface area contributed by atoms with Crippen LogP contribution < -0.4 is 0 Å². The Morgan fingerprint density at radius 3 is 3.05 bits per heavy atom. The topological polar surface area (TPSA) is 103 Å². The lowest BCUT2D eigenvalue weighted by Crippen LogP contribution is -2.08. The summed E-state index contributed by atoms with van der Waals surface area (Å²) in [5.74, 6) is 0. The summed E-state index contributed by atoms with van der Waals surface area (Å²) in [5.41, 5.74) is 1.46. The molecule has 0 saturated carbocycles. The molecule has 0 spiro atoms. The summed E-state index contributed by atoms with van der Waals surface area (Å²) < 4.78 is 6.78. The molecule has 8 nitrogen and oxygen atoms in total. The second kappa shape index (κ2) is 6.91. The summed E-state index contributed by atoms with van der Waals surface area (Å²) in [6.45, 7) is 2.35. The Morgan fingerprint density at radius 2 is 2.33 bits per heavy atom. The van der Waals surface area contributed by atoms with Gasteiger partial charge in [0.1, 0.15) is 5.69 Å². The van der Waals surface area contributed by atoms with E-state index in [0.29, 0.717) is 5.69 Å². The van der Waals surface area contributed by atoms with Gasteiger partial charge in [-0.3, -0.25) is 10.1 Å². The largest absolute Gasteiger partial charge is 0.394 e. The van der Waals surface area contributed by atoms with Gasteiger partial charge in [-0.1, -0.05) is 17.3 Å². The van der Waals surface area contributed by atoms with Crippen molar-refractivity contribution in [1.82, 2.24) is 15.0 Å². The maximum atomic E-state index is 10.8. The van der Waals surface area contributed by atoms with Crippen molar-refractivity contribution in [3.63, 3.8) is 0 Å². The molecule has 1 N–H and O–H groups in total. The van der Waals surface area contributed by atoms with Crippen LogP contribution >= 0.6 is 0 Å². The second-order valence-corrected chi connectivity index (χ2v) is 4.49. The van der Waals surface area contributed by atoms with Crippen molar-refractivity contribution in [2.24, 2.45) is 0 Å². The van der Waals surface area contributed by atoms with Gasteiger partial charge in [0.05, 0.1) is 37.0 Å². The number of aliphatic hydroxyl groups excluding tert-OH is 1. The van der Waals surface area contributed by atoms with Crippen LogP contribution in [0.15, 0.2) is 30.5 Å². The van der Waals surface area contributed by atoms with E-state index >= 15 is 0 Å². The minimum Gasteiger partial charge on any atom is -0.394 e. The normalized spacial score (nSPS) is 12.3. The summed E-state index contributed by atoms with van der Waals surface area (Å²) in [6.07, 6.45) is 1.72. The quantitative estimate of drug-likeness (QED) is 0.468. The van der Waals surface area contributed by atoms with E-state index in [1.54, 1.807) is 23.0 Å². The van der Waals surface area contributed by atoms with Crippen LogP contribution in [0.3, 0.4) is 0 Å². The standard InChI is InChI=1S/C13H16N4O4/c1-10(11-3-2-4-13(7-11)17(19)20)16-8-12(14-15-16)9-21-6-5-18/h2-4,7-8,10,18H,5-6,9H2,1H3. The van der Waals surface area contributed by atoms with Crippen LogP contribution in [0.4, 0.5) is 5.69 Å². The van der Waals surface area contributed by atoms with Crippen LogP contribution in [0, 0.1) is 10.1 Å². The molecule has 0 fully saturated rings. The highest BCUT2D eigenvalue weighted by Crippen LogP contribution is 2.21. The minimum atomic E-state index is -0.425. The molecular weight excluding hydrogens is 276 g/mol. The average molecular weight is 292 g/mol. The Balaban J connectivity index is 2.10. The number of nitrogens with zero attached hydrogens (tertiary/aromatic N) is 4. The third kappa shape index (κ3) is 3.83. The van der Waals surface area contributed by atoms with Gasteiger partial charge in [0.2, 0.25) is 0 Å². The summed E-state index contributed by atoms with van der Waals surface area (Å²) in [4.78, 5) is 10.4. The molecule has 0 aliphatic carbocycles. The Morgan fingerprint density at radius 1 is 1.52 bits per heavy atom. The molecule has 1 atom stereocenters. The zero-order valence-electron chi connectivity index (χ0n) is 11.5. The third-order valence-corrected chi connectivity index (χ3v) is 3.00. The molecule has 1 unspecified atom stereocenters. The number of ether oxygens (including phenoxy) is 1. The van der Waals surface area contributed by atoms with Crippen LogP contribution in [-0.4, -0.2) is 38.2 Å². The molecule has 0 radical (unpaired) electrons. The van der Waals surface area contributed by atoms with Crippen molar-refractivity contribution in [3.05, 3.63) is 51.8 Å². The molecule has 2 aromatic rings. The number of non-ortho nitro benzene ring substituents is 1. The second-order valence-electron chi connectivity index (χ2n) is 4.49. The molecule has 0 aliphatic rings. The number of rotatable bonds is 7. The molecule has 0 saturated heterocycles. The van der Waals surface area contributed by atoms with Crippen molar-refractivity contribution in [3.8, 4) is 0 Å². The van der Waals surface area contributed by atoms with Crippen molar-refractivity contribution >= 4 is 5.69 Å². The SMILES string of the molecule is CC(c1cccc([N+](=O)[O-])c1)n1cc(COCCO)nn1. The van der Waals surface area contributed by atoms with Crippen molar-refractivity contribution in [1.29, 1.82) is 0 Å². The van der Waals surface area contributed by atoms with E-state index in [1.807, 2.05) is 6.92 Å². The number of benzene rings is 1. The van der Waals surface area contributed by atoms with E-state index in [9.17, 15) is 10.1 Å². The first-order valence-corrected chi connectivity index (χ1v) is 6.45. The van der Waals surface area contributed by atoms with E-state index < -0.39 is 4.92 Å².